The third-order valence-corrected chi connectivity index (χ3v) is 4.33. The summed E-state index contributed by atoms with van der Waals surface area (Å²) in [6, 6.07) is 6.02. The Bertz CT molecular complexity index is 1020. The third-order valence-electron chi connectivity index (χ3n) is 4.33. The summed E-state index contributed by atoms with van der Waals surface area (Å²) in [6.07, 6.45) is -8.53. The number of rotatable bonds is 4. The molecule has 3 N–H and O–H groups in total. The van der Waals surface area contributed by atoms with E-state index < -0.39 is 35.0 Å². The summed E-state index contributed by atoms with van der Waals surface area (Å²) in [5.41, 5.74) is -3.44. The van der Waals surface area contributed by atoms with Crippen LogP contribution in [0.4, 0.5) is 26.3 Å². The van der Waals surface area contributed by atoms with E-state index in [1.54, 1.807) is 12.3 Å². The Hall–Kier alpha value is -3.17. The first kappa shape index (κ1) is 20.6. The summed E-state index contributed by atoms with van der Waals surface area (Å²) in [7, 11) is 0. The summed E-state index contributed by atoms with van der Waals surface area (Å²) in [5, 5.41) is 12.3. The van der Waals surface area contributed by atoms with Gasteiger partial charge in [0, 0.05) is 23.6 Å². The maximum atomic E-state index is 13.2. The Kier molecular flexibility index (Phi) is 5.20. The van der Waals surface area contributed by atoms with E-state index in [1.807, 2.05) is 0 Å². The minimum Gasteiger partial charge on any atom is -0.508 e. The monoisotopic (exact) mass is 416 g/mol. The number of phenols is 1. The van der Waals surface area contributed by atoms with Gasteiger partial charge in [0.25, 0.3) is 5.91 Å². The molecule has 0 unspecified atom stereocenters. The number of aromatic hydroxyl groups is 1. The van der Waals surface area contributed by atoms with Gasteiger partial charge in [0.15, 0.2) is 0 Å². The predicted molar refractivity (Wildman–Crippen MR) is 92.4 cm³/mol. The van der Waals surface area contributed by atoms with Crippen LogP contribution in [0.3, 0.4) is 0 Å². The smallest absolute Gasteiger partial charge is 0.417 e. The number of nitrogens with one attached hydrogen (secondary N) is 2. The van der Waals surface area contributed by atoms with Gasteiger partial charge in [-0.1, -0.05) is 6.07 Å². The van der Waals surface area contributed by atoms with Crippen molar-refractivity contribution in [2.75, 3.05) is 6.54 Å². The highest BCUT2D eigenvalue weighted by Crippen LogP contribution is 2.39. The van der Waals surface area contributed by atoms with Gasteiger partial charge in [-0.15, -0.1) is 0 Å². The van der Waals surface area contributed by atoms with Crippen molar-refractivity contribution >= 4 is 16.8 Å². The fraction of sp³-hybridized carbons (Fsp3) is 0.211. The summed E-state index contributed by atoms with van der Waals surface area (Å²) in [6.45, 7) is -0.203. The number of hydrogen-bond donors (Lipinski definition) is 3. The Morgan fingerprint density at radius 2 is 1.62 bits per heavy atom. The zero-order chi connectivity index (χ0) is 21.4. The number of alkyl halides is 6. The van der Waals surface area contributed by atoms with Gasteiger partial charge in [0.1, 0.15) is 5.75 Å². The number of halogens is 6. The van der Waals surface area contributed by atoms with E-state index in [-0.39, 0.29) is 18.7 Å². The molecule has 0 saturated carbocycles. The number of aromatic amines is 1. The number of amides is 1. The van der Waals surface area contributed by atoms with Crippen LogP contribution in [-0.2, 0) is 18.8 Å². The first-order valence-corrected chi connectivity index (χ1v) is 8.33. The number of phenolic OH excluding ortho intramolecular Hbond substituents is 1. The van der Waals surface area contributed by atoms with Gasteiger partial charge < -0.3 is 15.4 Å². The fourth-order valence-corrected chi connectivity index (χ4v) is 3.04. The fourth-order valence-electron chi connectivity index (χ4n) is 3.04. The standard InChI is InChI=1S/C19H14F6N2O2/c20-18(21,22)13-2-1-3-14(19(23,24)25)16(13)17(29)26-7-6-10-9-27-15-5-4-11(28)8-12(10)15/h1-5,8-9,27-28H,6-7H2,(H,26,29). The first-order chi connectivity index (χ1) is 13.5. The van der Waals surface area contributed by atoms with E-state index in [9.17, 15) is 36.2 Å². The number of hydrogen-bond acceptors (Lipinski definition) is 2. The van der Waals surface area contributed by atoms with Crippen molar-refractivity contribution in [3.05, 3.63) is 64.8 Å². The molecule has 1 aromatic heterocycles. The molecule has 0 aliphatic carbocycles. The zero-order valence-corrected chi connectivity index (χ0v) is 14.6. The number of fused-ring (bicyclic) bond motifs is 1. The molecule has 1 heterocycles. The maximum Gasteiger partial charge on any atom is 0.417 e. The van der Waals surface area contributed by atoms with E-state index in [4.69, 9.17) is 0 Å². The van der Waals surface area contributed by atoms with Gasteiger partial charge in [-0.05, 0) is 42.3 Å². The highest BCUT2D eigenvalue weighted by molar-refractivity contribution is 5.97. The Morgan fingerprint density at radius 3 is 2.21 bits per heavy atom. The number of aromatic nitrogens is 1. The minimum atomic E-state index is -5.12. The lowest BCUT2D eigenvalue weighted by Crippen LogP contribution is -2.31. The van der Waals surface area contributed by atoms with E-state index in [2.05, 4.69) is 10.3 Å². The molecule has 0 saturated heterocycles. The van der Waals surface area contributed by atoms with Crippen LogP contribution >= 0.6 is 0 Å². The Morgan fingerprint density at radius 1 is 1.00 bits per heavy atom. The van der Waals surface area contributed by atoms with Gasteiger partial charge in [-0.3, -0.25) is 4.79 Å². The second-order valence-corrected chi connectivity index (χ2v) is 6.27. The molecule has 0 fully saturated rings. The van der Waals surface area contributed by atoms with Crippen molar-refractivity contribution < 1.29 is 36.2 Å². The Balaban J connectivity index is 1.84. The van der Waals surface area contributed by atoms with Crippen molar-refractivity contribution in [3.8, 4) is 5.75 Å². The quantitative estimate of drug-likeness (QED) is 0.531. The van der Waals surface area contributed by atoms with Crippen LogP contribution < -0.4 is 5.32 Å². The second kappa shape index (κ2) is 7.34. The van der Waals surface area contributed by atoms with Crippen molar-refractivity contribution in [2.45, 2.75) is 18.8 Å². The van der Waals surface area contributed by atoms with Gasteiger partial charge in [0.2, 0.25) is 0 Å². The van der Waals surface area contributed by atoms with Crippen LogP contribution in [0, 0.1) is 0 Å². The van der Waals surface area contributed by atoms with E-state index >= 15 is 0 Å². The van der Waals surface area contributed by atoms with Gasteiger partial charge in [-0.2, -0.15) is 26.3 Å². The van der Waals surface area contributed by atoms with Crippen LogP contribution in [0.5, 0.6) is 5.75 Å². The predicted octanol–water partition coefficient (Wildman–Crippen LogP) is 4.88. The molecular formula is C19H14F6N2O2. The van der Waals surface area contributed by atoms with Crippen molar-refractivity contribution in [1.82, 2.24) is 10.3 Å². The largest absolute Gasteiger partial charge is 0.508 e. The lowest BCUT2D eigenvalue weighted by atomic mass is 9.99. The van der Waals surface area contributed by atoms with Crippen LogP contribution in [-0.4, -0.2) is 22.5 Å². The molecule has 0 radical (unpaired) electrons. The minimum absolute atomic E-state index is 0.00342. The molecule has 0 aliphatic heterocycles. The van der Waals surface area contributed by atoms with Crippen LogP contribution in [0.15, 0.2) is 42.6 Å². The molecule has 0 atom stereocenters. The van der Waals surface area contributed by atoms with Crippen LogP contribution in [0.2, 0.25) is 0 Å². The van der Waals surface area contributed by atoms with Gasteiger partial charge in [-0.25, -0.2) is 0 Å². The lowest BCUT2D eigenvalue weighted by Gasteiger charge is -2.18. The molecule has 10 heteroatoms. The molecule has 1 amide bonds. The SMILES string of the molecule is O=C(NCCc1c[nH]c2ccc(O)cc12)c1c(C(F)(F)F)cccc1C(F)(F)F. The summed E-state index contributed by atoms with van der Waals surface area (Å²) >= 11 is 0. The highest BCUT2D eigenvalue weighted by Gasteiger charge is 2.42. The molecule has 3 aromatic rings. The first-order valence-electron chi connectivity index (χ1n) is 8.33. The maximum absolute atomic E-state index is 13.2. The van der Waals surface area contributed by atoms with Gasteiger partial charge in [0.05, 0.1) is 16.7 Å². The topological polar surface area (TPSA) is 65.1 Å². The number of carbonyl (C=O) groups excluding carboxylic acids is 1. The van der Waals surface area contributed by atoms with Crippen molar-refractivity contribution in [2.24, 2.45) is 0 Å². The zero-order valence-electron chi connectivity index (χ0n) is 14.6. The van der Waals surface area contributed by atoms with Gasteiger partial charge >= 0.3 is 12.4 Å². The van der Waals surface area contributed by atoms with E-state index in [0.717, 1.165) is 0 Å². The van der Waals surface area contributed by atoms with E-state index in [0.29, 0.717) is 34.7 Å². The highest BCUT2D eigenvalue weighted by atomic mass is 19.4. The van der Waals surface area contributed by atoms with Crippen LogP contribution in [0.1, 0.15) is 27.0 Å². The average Bonchev–Trinajstić information content (AvgIpc) is 3.01. The molecule has 2 aromatic carbocycles. The molecule has 0 bridgehead atoms. The summed E-state index contributed by atoms with van der Waals surface area (Å²) in [5.74, 6) is -1.47. The van der Waals surface area contributed by atoms with Crippen molar-refractivity contribution in [1.29, 1.82) is 0 Å². The molecular weight excluding hydrogens is 402 g/mol. The second-order valence-electron chi connectivity index (χ2n) is 6.27. The number of H-pyrrole nitrogens is 1. The Labute approximate surface area is 160 Å². The van der Waals surface area contributed by atoms with Crippen LogP contribution in [0.25, 0.3) is 10.9 Å². The lowest BCUT2D eigenvalue weighted by molar-refractivity contribution is -0.143. The molecule has 0 aliphatic rings. The molecule has 29 heavy (non-hydrogen) atoms. The molecule has 3 rings (SSSR count). The van der Waals surface area contributed by atoms with E-state index in [1.165, 1.54) is 12.1 Å². The average molecular weight is 416 g/mol. The molecule has 4 nitrogen and oxygen atoms in total. The molecule has 0 spiro atoms. The summed E-state index contributed by atoms with van der Waals surface area (Å²) < 4.78 is 79.0. The number of carbonyl (C=O) groups is 1. The number of benzene rings is 2. The summed E-state index contributed by atoms with van der Waals surface area (Å²) in [4.78, 5) is 15.2. The molecule has 154 valence electrons. The van der Waals surface area contributed by atoms with Crippen molar-refractivity contribution in [3.63, 3.8) is 0 Å². The normalized spacial score (nSPS) is 12.3. The third kappa shape index (κ3) is 4.30.